The monoisotopic (exact) mass is 311 g/mol. The van der Waals surface area contributed by atoms with Crippen LogP contribution < -0.4 is 10.6 Å². The molecule has 0 aliphatic heterocycles. The summed E-state index contributed by atoms with van der Waals surface area (Å²) in [6, 6.07) is 14.4. The van der Waals surface area contributed by atoms with Gasteiger partial charge in [-0.05, 0) is 30.5 Å². The van der Waals surface area contributed by atoms with Gasteiger partial charge in [-0.25, -0.2) is 0 Å². The van der Waals surface area contributed by atoms with Crippen molar-refractivity contribution in [1.82, 2.24) is 10.6 Å². The quantitative estimate of drug-likeness (QED) is 0.324. The molecule has 4 nitrogen and oxygen atoms in total. The van der Waals surface area contributed by atoms with Crippen molar-refractivity contribution in [3.05, 3.63) is 72.7 Å². The Labute approximate surface area is 138 Å². The van der Waals surface area contributed by atoms with Crippen LogP contribution >= 0.6 is 0 Å². The molecule has 23 heavy (non-hydrogen) atoms. The lowest BCUT2D eigenvalue weighted by Gasteiger charge is -2.10. The van der Waals surface area contributed by atoms with Gasteiger partial charge in [0.2, 0.25) is 0 Å². The first-order chi connectivity index (χ1) is 11.4. The lowest BCUT2D eigenvalue weighted by atomic mass is 10.1. The highest BCUT2D eigenvalue weighted by Gasteiger charge is 1.99. The summed E-state index contributed by atoms with van der Waals surface area (Å²) in [7, 11) is 0. The minimum Gasteiger partial charge on any atom is -0.469 e. The van der Waals surface area contributed by atoms with Gasteiger partial charge in [0, 0.05) is 26.1 Å². The third-order valence-corrected chi connectivity index (χ3v) is 3.39. The lowest BCUT2D eigenvalue weighted by Crippen LogP contribution is -2.38. The van der Waals surface area contributed by atoms with Crippen molar-refractivity contribution in [3.63, 3.8) is 0 Å². The molecule has 2 N–H and O–H groups in total. The normalized spacial score (nSPS) is 11.2. The van der Waals surface area contributed by atoms with Gasteiger partial charge >= 0.3 is 0 Å². The molecule has 4 heteroatoms. The number of aliphatic imine (C=N–C) groups is 1. The molecule has 0 unspecified atom stereocenters. The molecule has 1 heterocycles. The van der Waals surface area contributed by atoms with Crippen LogP contribution in [0.3, 0.4) is 0 Å². The van der Waals surface area contributed by atoms with E-state index in [2.05, 4.69) is 46.5 Å². The molecule has 0 aliphatic carbocycles. The molecule has 2 aromatic rings. The maximum Gasteiger partial charge on any atom is 0.191 e. The second-order valence-electron chi connectivity index (χ2n) is 5.25. The van der Waals surface area contributed by atoms with Gasteiger partial charge in [0.15, 0.2) is 5.96 Å². The molecule has 0 aliphatic rings. The van der Waals surface area contributed by atoms with E-state index in [0.29, 0.717) is 6.54 Å². The summed E-state index contributed by atoms with van der Waals surface area (Å²) in [6.07, 6.45) is 6.44. The van der Waals surface area contributed by atoms with Crippen molar-refractivity contribution < 1.29 is 4.42 Å². The van der Waals surface area contributed by atoms with Gasteiger partial charge in [0.05, 0.1) is 6.26 Å². The summed E-state index contributed by atoms with van der Waals surface area (Å²) in [6.45, 7) is 6.01. The van der Waals surface area contributed by atoms with Crippen LogP contribution in [0.25, 0.3) is 0 Å². The zero-order chi connectivity index (χ0) is 16.2. The van der Waals surface area contributed by atoms with E-state index in [1.807, 2.05) is 24.3 Å². The van der Waals surface area contributed by atoms with E-state index in [1.165, 1.54) is 5.56 Å². The minimum absolute atomic E-state index is 0.700. The zero-order valence-corrected chi connectivity index (χ0v) is 13.5. The van der Waals surface area contributed by atoms with Gasteiger partial charge in [-0.1, -0.05) is 36.4 Å². The van der Waals surface area contributed by atoms with Gasteiger partial charge < -0.3 is 15.1 Å². The molecule has 0 atom stereocenters. The van der Waals surface area contributed by atoms with Crippen LogP contribution in [-0.4, -0.2) is 25.6 Å². The lowest BCUT2D eigenvalue weighted by molar-refractivity contribution is 0.507. The second kappa shape index (κ2) is 10.3. The molecule has 0 bridgehead atoms. The second-order valence-corrected chi connectivity index (χ2v) is 5.25. The van der Waals surface area contributed by atoms with Gasteiger partial charge in [-0.15, -0.1) is 6.58 Å². The highest BCUT2D eigenvalue weighted by atomic mass is 16.3. The Morgan fingerprint density at radius 3 is 2.70 bits per heavy atom. The molecular formula is C19H25N3O. The molecule has 0 spiro atoms. The van der Waals surface area contributed by atoms with E-state index in [1.54, 1.807) is 6.26 Å². The Balaban J connectivity index is 1.73. The largest absolute Gasteiger partial charge is 0.469 e. The summed E-state index contributed by atoms with van der Waals surface area (Å²) >= 11 is 0. The fourth-order valence-corrected chi connectivity index (χ4v) is 2.22. The highest BCUT2D eigenvalue weighted by Crippen LogP contribution is 2.02. The Morgan fingerprint density at radius 2 is 1.96 bits per heavy atom. The first-order valence-electron chi connectivity index (χ1n) is 8.08. The maximum atomic E-state index is 5.33. The topological polar surface area (TPSA) is 49.6 Å². The van der Waals surface area contributed by atoms with E-state index in [-0.39, 0.29) is 0 Å². The minimum atomic E-state index is 0.700. The van der Waals surface area contributed by atoms with E-state index >= 15 is 0 Å². The summed E-state index contributed by atoms with van der Waals surface area (Å²) in [5.74, 6) is 1.80. The number of aryl methyl sites for hydroxylation is 1. The van der Waals surface area contributed by atoms with Crippen LogP contribution in [0.2, 0.25) is 0 Å². The Hall–Kier alpha value is -2.49. The van der Waals surface area contributed by atoms with Crippen LogP contribution in [0.4, 0.5) is 0 Å². The average molecular weight is 311 g/mol. The van der Waals surface area contributed by atoms with Crippen LogP contribution in [-0.2, 0) is 12.8 Å². The van der Waals surface area contributed by atoms with Crippen molar-refractivity contribution in [2.45, 2.75) is 19.3 Å². The summed E-state index contributed by atoms with van der Waals surface area (Å²) in [4.78, 5) is 4.61. The number of hydrogen-bond donors (Lipinski definition) is 2. The standard InChI is InChI=1S/C19H25N3O/c1-2-13-20-19(22-15-12-18-11-7-16-23-18)21-14-6-10-17-8-4-3-5-9-17/h2-5,7-9,11,16H,1,6,10,12-15H2,(H2,20,21,22). The number of nitrogens with zero attached hydrogens (tertiary/aromatic N) is 1. The first kappa shape index (κ1) is 16.9. The van der Waals surface area contributed by atoms with Crippen molar-refractivity contribution in [2.24, 2.45) is 4.99 Å². The van der Waals surface area contributed by atoms with Crippen molar-refractivity contribution in [3.8, 4) is 0 Å². The van der Waals surface area contributed by atoms with E-state index in [0.717, 1.165) is 44.1 Å². The van der Waals surface area contributed by atoms with Crippen LogP contribution in [0.1, 0.15) is 17.7 Å². The highest BCUT2D eigenvalue weighted by molar-refractivity contribution is 5.79. The van der Waals surface area contributed by atoms with Gasteiger partial charge in [-0.2, -0.15) is 0 Å². The summed E-state index contributed by atoms with van der Waals surface area (Å²) in [5, 5.41) is 6.56. The Bertz CT molecular complexity index is 576. The summed E-state index contributed by atoms with van der Waals surface area (Å²) < 4.78 is 5.33. The van der Waals surface area contributed by atoms with E-state index in [9.17, 15) is 0 Å². The number of furan rings is 1. The molecule has 0 saturated carbocycles. The van der Waals surface area contributed by atoms with Gasteiger partial charge in [-0.3, -0.25) is 4.99 Å². The SMILES string of the molecule is C=CCNC(=NCCCc1ccccc1)NCCc1ccco1. The fraction of sp³-hybridized carbons (Fsp3) is 0.316. The molecule has 0 amide bonds. The molecule has 122 valence electrons. The van der Waals surface area contributed by atoms with Crippen molar-refractivity contribution in [1.29, 1.82) is 0 Å². The third kappa shape index (κ3) is 6.87. The number of benzene rings is 1. The Morgan fingerprint density at radius 1 is 1.09 bits per heavy atom. The maximum absolute atomic E-state index is 5.33. The van der Waals surface area contributed by atoms with Crippen LogP contribution in [0.5, 0.6) is 0 Å². The first-order valence-corrected chi connectivity index (χ1v) is 8.08. The number of hydrogen-bond acceptors (Lipinski definition) is 2. The molecule has 1 aromatic heterocycles. The van der Waals surface area contributed by atoms with E-state index < -0.39 is 0 Å². The van der Waals surface area contributed by atoms with E-state index in [4.69, 9.17) is 4.42 Å². The third-order valence-electron chi connectivity index (χ3n) is 3.39. The van der Waals surface area contributed by atoms with Crippen molar-refractivity contribution in [2.75, 3.05) is 19.6 Å². The van der Waals surface area contributed by atoms with Crippen molar-refractivity contribution >= 4 is 5.96 Å². The smallest absolute Gasteiger partial charge is 0.191 e. The molecular weight excluding hydrogens is 286 g/mol. The van der Waals surface area contributed by atoms with Crippen LogP contribution in [0.15, 0.2) is 70.8 Å². The number of guanidine groups is 1. The molecule has 0 saturated heterocycles. The molecule has 0 fully saturated rings. The molecule has 0 radical (unpaired) electrons. The average Bonchev–Trinajstić information content (AvgIpc) is 3.10. The zero-order valence-electron chi connectivity index (χ0n) is 13.5. The van der Waals surface area contributed by atoms with Gasteiger partial charge in [0.25, 0.3) is 0 Å². The fourth-order valence-electron chi connectivity index (χ4n) is 2.22. The predicted octanol–water partition coefficient (Wildman–Crippen LogP) is 3.18. The Kier molecular flexibility index (Phi) is 7.54. The summed E-state index contributed by atoms with van der Waals surface area (Å²) in [5.41, 5.74) is 1.36. The molecule has 1 aromatic carbocycles. The number of nitrogens with one attached hydrogen (secondary N) is 2. The molecule has 2 rings (SSSR count). The predicted molar refractivity (Wildman–Crippen MR) is 95.7 cm³/mol. The van der Waals surface area contributed by atoms with Gasteiger partial charge in [0.1, 0.15) is 5.76 Å². The number of rotatable bonds is 9. The van der Waals surface area contributed by atoms with Crippen LogP contribution in [0, 0.1) is 0 Å².